The Kier molecular flexibility index (Phi) is 6.94. The molecule has 122 valence electrons. The van der Waals surface area contributed by atoms with Crippen LogP contribution >= 0.6 is 0 Å². The number of hydrogen-bond acceptors (Lipinski definition) is 5. The molecule has 0 atom stereocenters. The molecule has 0 aliphatic rings. The minimum absolute atomic E-state index is 0.0766. The first kappa shape index (κ1) is 18.7. The van der Waals surface area contributed by atoms with Gasteiger partial charge in [-0.3, -0.25) is 10.1 Å². The van der Waals surface area contributed by atoms with Crippen LogP contribution in [-0.2, 0) is 12.8 Å². The molecule has 24 heavy (non-hydrogen) atoms. The number of nitrogens with two attached hydrogens (primary N) is 1. The van der Waals surface area contributed by atoms with E-state index in [1.54, 1.807) is 19.1 Å². The fourth-order valence-electron chi connectivity index (χ4n) is 2.12. The van der Waals surface area contributed by atoms with Crippen molar-refractivity contribution in [2.24, 2.45) is 0 Å². The van der Waals surface area contributed by atoms with E-state index in [4.69, 9.17) is 16.3 Å². The van der Waals surface area contributed by atoms with Crippen LogP contribution in [-0.4, -0.2) is 4.92 Å². The molecule has 2 aromatic rings. The first-order chi connectivity index (χ1) is 11.4. The summed E-state index contributed by atoms with van der Waals surface area (Å²) in [4.78, 5) is 10.1. The number of anilines is 1. The van der Waals surface area contributed by atoms with Gasteiger partial charge in [-0.1, -0.05) is 24.3 Å². The molecular weight excluding hydrogens is 304 g/mol. The number of rotatable bonds is 3. The largest absolute Gasteiger partial charge is 0.399 e. The summed E-state index contributed by atoms with van der Waals surface area (Å²) >= 11 is 0. The van der Waals surface area contributed by atoms with Crippen molar-refractivity contribution in [2.45, 2.75) is 26.7 Å². The summed E-state index contributed by atoms with van der Waals surface area (Å²) in [5.41, 5.74) is 9.82. The second-order valence-electron chi connectivity index (χ2n) is 5.12. The lowest BCUT2D eigenvalue weighted by atomic mass is 10.0. The first-order valence-corrected chi connectivity index (χ1v) is 7.23. The molecule has 2 N–H and O–H groups in total. The molecule has 6 heteroatoms. The standard InChI is InChI=1S/C9H8N2O2.C9H10N2/c1-7-8(5-6-10)3-2-4-9(7)11(12)13;1-7-8(5-6-10)3-2-4-9(7)11/h2-4H,5H2,1H3;2-4H,5,11H2,1H3. The van der Waals surface area contributed by atoms with Crippen molar-refractivity contribution < 1.29 is 4.92 Å². The molecule has 0 aromatic heterocycles. The van der Waals surface area contributed by atoms with Gasteiger partial charge in [-0.05, 0) is 36.6 Å². The fraction of sp³-hybridized carbons (Fsp3) is 0.222. The predicted molar refractivity (Wildman–Crippen MR) is 92.1 cm³/mol. The van der Waals surface area contributed by atoms with E-state index < -0.39 is 4.92 Å². The van der Waals surface area contributed by atoms with Gasteiger partial charge in [0.1, 0.15) is 0 Å². The monoisotopic (exact) mass is 322 g/mol. The number of nitrogen functional groups attached to an aromatic ring is 1. The zero-order chi connectivity index (χ0) is 18.1. The second kappa shape index (κ2) is 8.92. The van der Waals surface area contributed by atoms with E-state index in [0.717, 1.165) is 22.4 Å². The van der Waals surface area contributed by atoms with Gasteiger partial charge in [0, 0.05) is 17.3 Å². The quantitative estimate of drug-likeness (QED) is 0.526. The van der Waals surface area contributed by atoms with Gasteiger partial charge in [0.25, 0.3) is 5.69 Å². The third kappa shape index (κ3) is 4.82. The maximum absolute atomic E-state index is 10.5. The minimum atomic E-state index is -0.434. The van der Waals surface area contributed by atoms with E-state index >= 15 is 0 Å². The molecule has 0 aliphatic heterocycles. The molecule has 0 saturated heterocycles. The maximum atomic E-state index is 10.5. The molecule has 0 amide bonds. The average Bonchev–Trinajstić information content (AvgIpc) is 2.54. The van der Waals surface area contributed by atoms with Crippen molar-refractivity contribution in [3.8, 4) is 12.1 Å². The molecule has 0 fully saturated rings. The molecule has 2 aromatic carbocycles. The number of nitro groups is 1. The van der Waals surface area contributed by atoms with Crippen molar-refractivity contribution in [2.75, 3.05) is 5.73 Å². The average molecular weight is 322 g/mol. The Morgan fingerprint density at radius 3 is 2.00 bits per heavy atom. The normalized spacial score (nSPS) is 9.17. The lowest BCUT2D eigenvalue weighted by molar-refractivity contribution is -0.385. The van der Waals surface area contributed by atoms with Crippen LogP contribution in [0.1, 0.15) is 22.3 Å². The summed E-state index contributed by atoms with van der Waals surface area (Å²) in [5.74, 6) is 0. The lowest BCUT2D eigenvalue weighted by Gasteiger charge is -2.03. The van der Waals surface area contributed by atoms with E-state index in [-0.39, 0.29) is 12.1 Å². The van der Waals surface area contributed by atoms with Gasteiger partial charge in [0.2, 0.25) is 0 Å². The maximum Gasteiger partial charge on any atom is 0.272 e. The number of nitriles is 2. The van der Waals surface area contributed by atoms with Crippen molar-refractivity contribution in [1.82, 2.24) is 0 Å². The summed E-state index contributed by atoms with van der Waals surface area (Å²) in [6.07, 6.45) is 0.657. The van der Waals surface area contributed by atoms with Gasteiger partial charge >= 0.3 is 0 Å². The Labute approximate surface area is 140 Å². The van der Waals surface area contributed by atoms with Crippen LogP contribution in [0.3, 0.4) is 0 Å². The molecule has 0 saturated carbocycles. The summed E-state index contributed by atoms with van der Waals surface area (Å²) < 4.78 is 0. The van der Waals surface area contributed by atoms with Crippen LogP contribution < -0.4 is 5.73 Å². The van der Waals surface area contributed by atoms with Gasteiger partial charge in [-0.2, -0.15) is 10.5 Å². The zero-order valence-electron chi connectivity index (χ0n) is 13.6. The first-order valence-electron chi connectivity index (χ1n) is 7.23. The van der Waals surface area contributed by atoms with Crippen LogP contribution in [0.5, 0.6) is 0 Å². The highest BCUT2D eigenvalue weighted by Crippen LogP contribution is 2.21. The Bertz CT molecular complexity index is 817. The number of benzene rings is 2. The van der Waals surface area contributed by atoms with Crippen LogP contribution in [0.25, 0.3) is 0 Å². The van der Waals surface area contributed by atoms with Gasteiger partial charge in [-0.25, -0.2) is 0 Å². The SMILES string of the molecule is Cc1c(CC#N)cccc1[N+](=O)[O-].Cc1c(N)cccc1CC#N. The van der Waals surface area contributed by atoms with Crippen molar-refractivity contribution in [3.63, 3.8) is 0 Å². The van der Waals surface area contributed by atoms with Gasteiger partial charge in [-0.15, -0.1) is 0 Å². The summed E-state index contributed by atoms with van der Waals surface area (Å²) in [6.45, 7) is 3.59. The third-order valence-electron chi connectivity index (χ3n) is 3.64. The summed E-state index contributed by atoms with van der Waals surface area (Å²) in [6, 6.07) is 14.5. The minimum Gasteiger partial charge on any atom is -0.399 e. The topological polar surface area (TPSA) is 117 Å². The fourth-order valence-corrected chi connectivity index (χ4v) is 2.12. The molecule has 2 rings (SSSR count). The van der Waals surface area contributed by atoms with Crippen LogP contribution in [0.4, 0.5) is 11.4 Å². The molecule has 0 radical (unpaired) electrons. The molecule has 0 bridgehead atoms. The lowest BCUT2D eigenvalue weighted by Crippen LogP contribution is -1.95. The van der Waals surface area contributed by atoms with E-state index in [9.17, 15) is 10.1 Å². The van der Waals surface area contributed by atoms with Crippen LogP contribution in [0.15, 0.2) is 36.4 Å². The number of nitro benzene ring substituents is 1. The highest BCUT2D eigenvalue weighted by Gasteiger charge is 2.12. The number of nitrogens with zero attached hydrogens (tertiary/aromatic N) is 3. The Balaban J connectivity index is 0.000000243. The molecule has 0 unspecified atom stereocenters. The predicted octanol–water partition coefficient (Wildman–Crippen LogP) is 3.61. The number of hydrogen-bond donors (Lipinski definition) is 1. The van der Waals surface area contributed by atoms with Crippen molar-refractivity contribution in [3.05, 3.63) is 68.8 Å². The van der Waals surface area contributed by atoms with Gasteiger partial charge < -0.3 is 5.73 Å². The summed E-state index contributed by atoms with van der Waals surface area (Å²) in [7, 11) is 0. The van der Waals surface area contributed by atoms with Crippen molar-refractivity contribution >= 4 is 11.4 Å². The van der Waals surface area contributed by atoms with Crippen LogP contribution in [0, 0.1) is 46.6 Å². The van der Waals surface area contributed by atoms with E-state index in [2.05, 4.69) is 6.07 Å². The molecule has 6 nitrogen and oxygen atoms in total. The summed E-state index contributed by atoms with van der Waals surface area (Å²) in [5, 5.41) is 27.4. The highest BCUT2D eigenvalue weighted by atomic mass is 16.6. The van der Waals surface area contributed by atoms with Crippen molar-refractivity contribution in [1.29, 1.82) is 10.5 Å². The molecule has 0 spiro atoms. The zero-order valence-corrected chi connectivity index (χ0v) is 13.6. The van der Waals surface area contributed by atoms with E-state index in [1.807, 2.05) is 31.2 Å². The molecular formula is C18H18N4O2. The molecule has 0 aliphatic carbocycles. The third-order valence-corrected chi connectivity index (χ3v) is 3.64. The second-order valence-corrected chi connectivity index (χ2v) is 5.12. The van der Waals surface area contributed by atoms with Gasteiger partial charge in [0.15, 0.2) is 0 Å². The highest BCUT2D eigenvalue weighted by molar-refractivity contribution is 5.50. The van der Waals surface area contributed by atoms with E-state index in [1.165, 1.54) is 6.07 Å². The van der Waals surface area contributed by atoms with Gasteiger partial charge in [0.05, 0.1) is 29.9 Å². The molecule has 0 heterocycles. The Hall–Kier alpha value is -3.38. The van der Waals surface area contributed by atoms with Crippen LogP contribution in [0.2, 0.25) is 0 Å². The van der Waals surface area contributed by atoms with E-state index in [0.29, 0.717) is 12.0 Å². The Morgan fingerprint density at radius 2 is 1.50 bits per heavy atom. The Morgan fingerprint density at radius 1 is 1.00 bits per heavy atom. The smallest absolute Gasteiger partial charge is 0.272 e.